The summed E-state index contributed by atoms with van der Waals surface area (Å²) in [7, 11) is 0. The monoisotopic (exact) mass is 315 g/mol. The molecule has 1 N–H and O–H groups in total. The molecule has 0 bridgehead atoms. The molecule has 0 aliphatic carbocycles. The Bertz CT molecular complexity index is 644. The molecule has 98 valence electrons. The third-order valence-electron chi connectivity index (χ3n) is 2.55. The number of hydrogen-bond acceptors (Lipinski definition) is 2. The zero-order valence-electron chi connectivity index (χ0n) is 9.53. The molecule has 0 atom stereocenters. The molecule has 0 radical (unpaired) electrons. The Morgan fingerprint density at radius 2 is 1.79 bits per heavy atom. The zero-order valence-corrected chi connectivity index (χ0v) is 11.8. The first kappa shape index (κ1) is 14.1. The first-order valence-electron chi connectivity index (χ1n) is 5.28. The number of nitrogens with zero attached hydrogens (tertiary/aromatic N) is 1. The van der Waals surface area contributed by atoms with Crippen molar-refractivity contribution in [3.05, 3.63) is 51.2 Å². The number of carboxylic acids is 1. The number of carboxylic acid groups (broad SMARTS) is 1. The smallest absolute Gasteiger partial charge is 0.307 e. The van der Waals surface area contributed by atoms with E-state index in [-0.39, 0.29) is 6.42 Å². The number of aliphatic carboxylic acids is 1. The zero-order chi connectivity index (χ0) is 14.0. The highest BCUT2D eigenvalue weighted by Gasteiger charge is 2.13. The molecule has 3 nitrogen and oxygen atoms in total. The van der Waals surface area contributed by atoms with Gasteiger partial charge in [0.25, 0.3) is 0 Å². The van der Waals surface area contributed by atoms with Gasteiger partial charge in [0, 0.05) is 23.5 Å². The molecule has 19 heavy (non-hydrogen) atoms. The van der Waals surface area contributed by atoms with Crippen molar-refractivity contribution in [3.63, 3.8) is 0 Å². The van der Waals surface area contributed by atoms with Crippen LogP contribution in [0.2, 0.25) is 15.1 Å². The number of carbonyl (C=O) groups is 1. The molecule has 0 unspecified atom stereocenters. The van der Waals surface area contributed by atoms with E-state index in [2.05, 4.69) is 4.98 Å². The lowest BCUT2D eigenvalue weighted by Gasteiger charge is -2.10. The van der Waals surface area contributed by atoms with Crippen molar-refractivity contribution >= 4 is 40.8 Å². The SMILES string of the molecule is O=C(O)Cc1ccncc1-c1cc(Cl)c(Cl)cc1Cl. The molecule has 1 heterocycles. The van der Waals surface area contributed by atoms with E-state index >= 15 is 0 Å². The van der Waals surface area contributed by atoms with Crippen LogP contribution in [-0.4, -0.2) is 16.1 Å². The highest BCUT2D eigenvalue weighted by atomic mass is 35.5. The quantitative estimate of drug-likeness (QED) is 0.857. The molecule has 0 aliphatic heterocycles. The van der Waals surface area contributed by atoms with E-state index in [0.717, 1.165) is 0 Å². The second-order valence-electron chi connectivity index (χ2n) is 3.85. The fourth-order valence-electron chi connectivity index (χ4n) is 1.71. The lowest BCUT2D eigenvalue weighted by molar-refractivity contribution is -0.136. The van der Waals surface area contributed by atoms with Crippen LogP contribution in [0.1, 0.15) is 5.56 Å². The fraction of sp³-hybridized carbons (Fsp3) is 0.0769. The van der Waals surface area contributed by atoms with Gasteiger partial charge in [-0.3, -0.25) is 9.78 Å². The molecule has 6 heteroatoms. The summed E-state index contributed by atoms with van der Waals surface area (Å²) in [6.45, 7) is 0. The molecule has 0 saturated heterocycles. The van der Waals surface area contributed by atoms with Gasteiger partial charge in [-0.1, -0.05) is 34.8 Å². The van der Waals surface area contributed by atoms with Crippen molar-refractivity contribution in [2.24, 2.45) is 0 Å². The summed E-state index contributed by atoms with van der Waals surface area (Å²) in [6, 6.07) is 4.77. The Kier molecular flexibility index (Phi) is 4.30. The summed E-state index contributed by atoms with van der Waals surface area (Å²) in [5.74, 6) is -0.927. The van der Waals surface area contributed by atoms with Gasteiger partial charge in [-0.15, -0.1) is 0 Å². The van der Waals surface area contributed by atoms with Crippen LogP contribution >= 0.6 is 34.8 Å². The number of rotatable bonds is 3. The van der Waals surface area contributed by atoms with Crippen LogP contribution < -0.4 is 0 Å². The minimum absolute atomic E-state index is 0.117. The molecule has 1 aromatic heterocycles. The largest absolute Gasteiger partial charge is 0.481 e. The van der Waals surface area contributed by atoms with Crippen molar-refractivity contribution in [2.45, 2.75) is 6.42 Å². The van der Waals surface area contributed by atoms with E-state index < -0.39 is 5.97 Å². The summed E-state index contributed by atoms with van der Waals surface area (Å²) in [5.41, 5.74) is 1.86. The third-order valence-corrected chi connectivity index (χ3v) is 3.59. The minimum atomic E-state index is -0.927. The third kappa shape index (κ3) is 3.18. The molecule has 0 aliphatic rings. The maximum Gasteiger partial charge on any atom is 0.307 e. The molecule has 1 aromatic carbocycles. The molecule has 2 aromatic rings. The summed E-state index contributed by atoms with van der Waals surface area (Å²) in [6.07, 6.45) is 2.98. The van der Waals surface area contributed by atoms with E-state index in [1.807, 2.05) is 0 Å². The molecule has 0 spiro atoms. The summed E-state index contributed by atoms with van der Waals surface area (Å²) < 4.78 is 0. The standard InChI is InChI=1S/C13H8Cl3NO2/c14-10-5-12(16)11(15)4-8(10)9-6-17-2-1-7(9)3-13(18)19/h1-2,4-6H,3H2,(H,18,19). The van der Waals surface area contributed by atoms with Gasteiger partial charge >= 0.3 is 5.97 Å². The Morgan fingerprint density at radius 1 is 1.11 bits per heavy atom. The second-order valence-corrected chi connectivity index (χ2v) is 5.07. The number of halogens is 3. The van der Waals surface area contributed by atoms with Gasteiger partial charge < -0.3 is 5.11 Å². The van der Waals surface area contributed by atoms with Gasteiger partial charge in [-0.05, 0) is 23.8 Å². The normalized spacial score (nSPS) is 10.5. The van der Waals surface area contributed by atoms with Gasteiger partial charge in [0.15, 0.2) is 0 Å². The average molecular weight is 317 g/mol. The van der Waals surface area contributed by atoms with Crippen LogP contribution in [0, 0.1) is 0 Å². The lowest BCUT2D eigenvalue weighted by Crippen LogP contribution is -2.02. The Hall–Kier alpha value is -1.29. The summed E-state index contributed by atoms with van der Waals surface area (Å²) in [5, 5.41) is 10.0. The van der Waals surface area contributed by atoms with E-state index in [0.29, 0.717) is 31.8 Å². The predicted molar refractivity (Wildman–Crippen MR) is 76.0 cm³/mol. The lowest BCUT2D eigenvalue weighted by atomic mass is 10.00. The van der Waals surface area contributed by atoms with E-state index in [1.54, 1.807) is 18.3 Å². The highest BCUT2D eigenvalue weighted by Crippen LogP contribution is 2.36. The Labute approximate surface area is 124 Å². The highest BCUT2D eigenvalue weighted by molar-refractivity contribution is 6.44. The number of benzene rings is 1. The van der Waals surface area contributed by atoms with Crippen LogP contribution in [0.15, 0.2) is 30.6 Å². The first-order valence-corrected chi connectivity index (χ1v) is 6.42. The Balaban J connectivity index is 2.59. The average Bonchev–Trinajstić information content (AvgIpc) is 2.34. The maximum absolute atomic E-state index is 10.9. The molecule has 0 fully saturated rings. The van der Waals surface area contributed by atoms with Crippen LogP contribution in [0.25, 0.3) is 11.1 Å². The van der Waals surface area contributed by atoms with Crippen molar-refractivity contribution in [3.8, 4) is 11.1 Å². The number of pyridine rings is 1. The van der Waals surface area contributed by atoms with Gasteiger partial charge in [0.2, 0.25) is 0 Å². The van der Waals surface area contributed by atoms with Crippen LogP contribution in [0.5, 0.6) is 0 Å². The number of aromatic nitrogens is 1. The van der Waals surface area contributed by atoms with Gasteiger partial charge in [-0.25, -0.2) is 0 Å². The van der Waals surface area contributed by atoms with Crippen LogP contribution in [0.3, 0.4) is 0 Å². The first-order chi connectivity index (χ1) is 8.99. The Morgan fingerprint density at radius 3 is 2.47 bits per heavy atom. The van der Waals surface area contributed by atoms with Crippen LogP contribution in [0.4, 0.5) is 0 Å². The molecular weight excluding hydrogens is 309 g/mol. The van der Waals surface area contributed by atoms with Gasteiger partial charge in [-0.2, -0.15) is 0 Å². The fourth-order valence-corrected chi connectivity index (χ4v) is 2.36. The van der Waals surface area contributed by atoms with E-state index in [1.165, 1.54) is 12.3 Å². The van der Waals surface area contributed by atoms with Crippen molar-refractivity contribution in [2.75, 3.05) is 0 Å². The molecule has 2 rings (SSSR count). The van der Waals surface area contributed by atoms with Crippen molar-refractivity contribution < 1.29 is 9.90 Å². The molecule has 0 saturated carbocycles. The van der Waals surface area contributed by atoms with Gasteiger partial charge in [0.05, 0.1) is 21.5 Å². The topological polar surface area (TPSA) is 50.2 Å². The van der Waals surface area contributed by atoms with Crippen LogP contribution in [-0.2, 0) is 11.2 Å². The summed E-state index contributed by atoms with van der Waals surface area (Å²) >= 11 is 18.0. The van der Waals surface area contributed by atoms with Crippen molar-refractivity contribution in [1.29, 1.82) is 0 Å². The van der Waals surface area contributed by atoms with E-state index in [4.69, 9.17) is 39.9 Å². The second kappa shape index (κ2) is 5.78. The predicted octanol–water partition coefficient (Wildman–Crippen LogP) is 4.34. The maximum atomic E-state index is 10.9. The molecular formula is C13H8Cl3NO2. The van der Waals surface area contributed by atoms with Crippen molar-refractivity contribution in [1.82, 2.24) is 4.98 Å². The summed E-state index contributed by atoms with van der Waals surface area (Å²) in [4.78, 5) is 14.9. The van der Waals surface area contributed by atoms with E-state index in [9.17, 15) is 4.79 Å². The minimum Gasteiger partial charge on any atom is -0.481 e. The number of hydrogen-bond donors (Lipinski definition) is 1. The molecule has 0 amide bonds. The van der Waals surface area contributed by atoms with Gasteiger partial charge in [0.1, 0.15) is 0 Å².